The highest BCUT2D eigenvalue weighted by Crippen LogP contribution is 2.13. The van der Waals surface area contributed by atoms with Gasteiger partial charge in [0.2, 0.25) is 17.6 Å². The van der Waals surface area contributed by atoms with E-state index in [9.17, 15) is 14.0 Å². The molecular weight excluding hydrogens is 267 g/mol. The highest BCUT2D eigenvalue weighted by molar-refractivity contribution is 5.83. The summed E-state index contributed by atoms with van der Waals surface area (Å²) in [4.78, 5) is 23.0. The van der Waals surface area contributed by atoms with Crippen LogP contribution in [0.15, 0.2) is 24.3 Å². The maximum absolute atomic E-state index is 12.8. The first-order valence-corrected chi connectivity index (χ1v) is 5.63. The number of aromatic nitrogens is 4. The van der Waals surface area contributed by atoms with Gasteiger partial charge in [0.05, 0.1) is 6.54 Å². The lowest BCUT2D eigenvalue weighted by Crippen LogP contribution is -2.35. The first-order chi connectivity index (χ1) is 9.54. The van der Waals surface area contributed by atoms with E-state index in [0.717, 1.165) is 4.80 Å². The summed E-state index contributed by atoms with van der Waals surface area (Å²) in [6.07, 6.45) is 0. The van der Waals surface area contributed by atoms with Gasteiger partial charge in [-0.25, -0.2) is 4.39 Å². The zero-order valence-electron chi connectivity index (χ0n) is 10.3. The smallest absolute Gasteiger partial charge is 0.244 e. The molecule has 0 aliphatic carbocycles. The molecule has 1 aromatic carbocycles. The lowest BCUT2D eigenvalue weighted by Gasteiger charge is -2.00. The van der Waals surface area contributed by atoms with E-state index in [-0.39, 0.29) is 24.7 Å². The van der Waals surface area contributed by atoms with Gasteiger partial charge >= 0.3 is 0 Å². The van der Waals surface area contributed by atoms with Crippen LogP contribution in [0.4, 0.5) is 4.39 Å². The predicted molar refractivity (Wildman–Crippen MR) is 65.4 cm³/mol. The molecule has 0 unspecified atom stereocenters. The molecule has 0 aliphatic rings. The Bertz CT molecular complexity index is 624. The quantitative estimate of drug-likeness (QED) is 0.733. The van der Waals surface area contributed by atoms with Crippen LogP contribution in [0.3, 0.4) is 0 Å². The Balaban J connectivity index is 2.00. The molecule has 1 heterocycles. The van der Waals surface area contributed by atoms with Gasteiger partial charge in [0.25, 0.3) is 0 Å². The number of amides is 2. The minimum absolute atomic E-state index is 0.193. The molecule has 0 radical (unpaired) electrons. The Morgan fingerprint density at radius 2 is 2.00 bits per heavy atom. The summed E-state index contributed by atoms with van der Waals surface area (Å²) in [5.74, 6) is -1.21. The summed E-state index contributed by atoms with van der Waals surface area (Å²) in [7, 11) is 0. The highest BCUT2D eigenvalue weighted by atomic mass is 19.1. The van der Waals surface area contributed by atoms with E-state index < -0.39 is 11.8 Å². The van der Waals surface area contributed by atoms with Crippen molar-refractivity contribution in [1.82, 2.24) is 25.5 Å². The number of hydrogen-bond donors (Lipinski definition) is 2. The molecule has 0 fully saturated rings. The van der Waals surface area contributed by atoms with Crippen molar-refractivity contribution in [2.45, 2.75) is 6.54 Å². The fourth-order valence-corrected chi connectivity index (χ4v) is 1.39. The molecule has 0 saturated heterocycles. The van der Waals surface area contributed by atoms with E-state index in [2.05, 4.69) is 20.7 Å². The van der Waals surface area contributed by atoms with Crippen LogP contribution >= 0.6 is 0 Å². The summed E-state index contributed by atoms with van der Waals surface area (Å²) in [5.41, 5.74) is 5.47. The number of carbonyl (C=O) groups is 2. The number of hydrogen-bond acceptors (Lipinski definition) is 5. The number of nitrogens with zero attached hydrogens (tertiary/aromatic N) is 4. The van der Waals surface area contributed by atoms with Gasteiger partial charge < -0.3 is 11.1 Å². The predicted octanol–water partition coefficient (Wildman–Crippen LogP) is -0.919. The van der Waals surface area contributed by atoms with E-state index in [1.165, 1.54) is 24.3 Å². The minimum atomic E-state index is -0.642. The van der Waals surface area contributed by atoms with E-state index in [4.69, 9.17) is 5.73 Å². The molecule has 0 aliphatic heterocycles. The van der Waals surface area contributed by atoms with Gasteiger partial charge in [-0.3, -0.25) is 9.59 Å². The maximum atomic E-state index is 12.8. The lowest BCUT2D eigenvalue weighted by molar-refractivity contribution is -0.125. The van der Waals surface area contributed by atoms with Crippen LogP contribution in [0.1, 0.15) is 0 Å². The first-order valence-electron chi connectivity index (χ1n) is 5.63. The van der Waals surface area contributed by atoms with Crippen LogP contribution in [0.5, 0.6) is 0 Å². The van der Waals surface area contributed by atoms with Crippen molar-refractivity contribution in [3.8, 4) is 11.4 Å². The van der Waals surface area contributed by atoms with E-state index in [1.54, 1.807) is 0 Å². The van der Waals surface area contributed by atoms with Crippen molar-refractivity contribution in [2.75, 3.05) is 6.54 Å². The van der Waals surface area contributed by atoms with Gasteiger partial charge in [-0.15, -0.1) is 10.2 Å². The minimum Gasteiger partial charge on any atom is -0.368 e. The van der Waals surface area contributed by atoms with E-state index in [0.29, 0.717) is 5.56 Å². The molecule has 0 atom stereocenters. The molecule has 1 aromatic heterocycles. The Morgan fingerprint density at radius 1 is 1.30 bits per heavy atom. The normalized spacial score (nSPS) is 10.2. The molecular formula is C11H11FN6O2. The molecule has 0 saturated carbocycles. The Hall–Kier alpha value is -2.84. The second-order valence-electron chi connectivity index (χ2n) is 3.89. The third-order valence-corrected chi connectivity index (χ3v) is 2.30. The Labute approximate surface area is 112 Å². The molecule has 0 spiro atoms. The number of tetrazole rings is 1. The molecule has 8 nitrogen and oxygen atoms in total. The molecule has 9 heteroatoms. The van der Waals surface area contributed by atoms with Crippen molar-refractivity contribution < 1.29 is 14.0 Å². The molecule has 20 heavy (non-hydrogen) atoms. The highest BCUT2D eigenvalue weighted by Gasteiger charge is 2.09. The monoisotopic (exact) mass is 278 g/mol. The fourth-order valence-electron chi connectivity index (χ4n) is 1.39. The third-order valence-electron chi connectivity index (χ3n) is 2.30. The van der Waals surface area contributed by atoms with Crippen molar-refractivity contribution in [2.24, 2.45) is 5.73 Å². The summed E-state index contributed by atoms with van der Waals surface area (Å²) in [6, 6.07) is 5.55. The van der Waals surface area contributed by atoms with Crippen LogP contribution in [0.25, 0.3) is 11.4 Å². The third kappa shape index (κ3) is 3.57. The summed E-state index contributed by atoms with van der Waals surface area (Å²) in [5, 5.41) is 13.7. The second-order valence-corrected chi connectivity index (χ2v) is 3.89. The van der Waals surface area contributed by atoms with Crippen LogP contribution in [0.2, 0.25) is 0 Å². The molecule has 0 bridgehead atoms. The van der Waals surface area contributed by atoms with Crippen molar-refractivity contribution in [1.29, 1.82) is 0 Å². The fraction of sp³-hybridized carbons (Fsp3) is 0.182. The van der Waals surface area contributed by atoms with Crippen molar-refractivity contribution in [3.05, 3.63) is 30.1 Å². The Morgan fingerprint density at radius 3 is 2.65 bits per heavy atom. The van der Waals surface area contributed by atoms with Gasteiger partial charge in [0.15, 0.2) is 0 Å². The largest absolute Gasteiger partial charge is 0.368 e. The number of benzene rings is 1. The summed E-state index contributed by atoms with van der Waals surface area (Å²) in [6.45, 7) is -0.445. The van der Waals surface area contributed by atoms with Gasteiger partial charge in [0, 0.05) is 5.56 Å². The summed E-state index contributed by atoms with van der Waals surface area (Å²) >= 11 is 0. The van der Waals surface area contributed by atoms with Crippen LogP contribution in [-0.4, -0.2) is 38.6 Å². The van der Waals surface area contributed by atoms with Crippen LogP contribution in [-0.2, 0) is 16.1 Å². The van der Waals surface area contributed by atoms with Crippen LogP contribution in [0, 0.1) is 5.82 Å². The number of nitrogens with one attached hydrogen (secondary N) is 1. The standard InChI is InChI=1S/C11H11FN6O2/c12-8-3-1-7(2-4-8)11-15-17-18(16-11)6-10(20)14-5-9(13)19/h1-4H,5-6H2,(H2,13,19)(H,14,20). The molecule has 2 amide bonds. The zero-order chi connectivity index (χ0) is 14.5. The van der Waals surface area contributed by atoms with Gasteiger partial charge in [0.1, 0.15) is 12.4 Å². The molecule has 2 rings (SSSR count). The SMILES string of the molecule is NC(=O)CNC(=O)Cn1nnc(-c2ccc(F)cc2)n1. The van der Waals surface area contributed by atoms with Gasteiger partial charge in [-0.05, 0) is 29.5 Å². The van der Waals surface area contributed by atoms with Crippen molar-refractivity contribution in [3.63, 3.8) is 0 Å². The topological polar surface area (TPSA) is 116 Å². The zero-order valence-corrected chi connectivity index (χ0v) is 10.3. The van der Waals surface area contributed by atoms with E-state index in [1.807, 2.05) is 0 Å². The maximum Gasteiger partial charge on any atom is 0.244 e. The number of nitrogens with two attached hydrogens (primary N) is 1. The number of primary amides is 1. The molecule has 3 N–H and O–H groups in total. The Kier molecular flexibility index (Phi) is 3.99. The first kappa shape index (κ1) is 13.6. The number of halogens is 1. The summed E-state index contributed by atoms with van der Waals surface area (Å²) < 4.78 is 12.8. The average Bonchev–Trinajstić information content (AvgIpc) is 2.85. The second kappa shape index (κ2) is 5.87. The number of rotatable bonds is 5. The van der Waals surface area contributed by atoms with E-state index >= 15 is 0 Å². The number of carbonyl (C=O) groups excluding carboxylic acids is 2. The van der Waals surface area contributed by atoms with Gasteiger partial charge in [-0.1, -0.05) is 0 Å². The average molecular weight is 278 g/mol. The van der Waals surface area contributed by atoms with Crippen LogP contribution < -0.4 is 11.1 Å². The van der Waals surface area contributed by atoms with Gasteiger partial charge in [-0.2, -0.15) is 4.80 Å². The van der Waals surface area contributed by atoms with Crippen molar-refractivity contribution >= 4 is 11.8 Å². The molecule has 104 valence electrons. The lowest BCUT2D eigenvalue weighted by atomic mass is 10.2. The molecule has 2 aromatic rings.